The molecule has 0 fully saturated rings. The monoisotopic (exact) mass is 338 g/mol. The molecule has 130 valence electrons. The molecule has 0 atom stereocenters. The van der Waals surface area contributed by atoms with Gasteiger partial charge in [0.25, 0.3) is 0 Å². The molecule has 25 heavy (non-hydrogen) atoms. The van der Waals surface area contributed by atoms with Gasteiger partial charge in [0.1, 0.15) is 22.8 Å². The Hall–Kier alpha value is -2.75. The lowest BCUT2D eigenvalue weighted by atomic mass is 10.0. The lowest BCUT2D eigenvalue weighted by Crippen LogP contribution is -1.94. The molecule has 1 heterocycles. The minimum absolute atomic E-state index is 0.315. The summed E-state index contributed by atoms with van der Waals surface area (Å²) in [6.45, 7) is 4.05. The normalized spacial score (nSPS) is 11.0. The van der Waals surface area contributed by atoms with Gasteiger partial charge in [-0.15, -0.1) is 0 Å². The summed E-state index contributed by atoms with van der Waals surface area (Å²) in [7, 11) is 1.54. The van der Waals surface area contributed by atoms with Crippen LogP contribution in [0.1, 0.15) is 46.2 Å². The van der Waals surface area contributed by atoms with Gasteiger partial charge in [-0.1, -0.05) is 25.5 Å². The zero-order valence-corrected chi connectivity index (χ0v) is 14.8. The van der Waals surface area contributed by atoms with Crippen molar-refractivity contribution in [2.24, 2.45) is 0 Å². The summed E-state index contributed by atoms with van der Waals surface area (Å²) in [5.41, 5.74) is 4.04. The third-order valence-electron chi connectivity index (χ3n) is 4.55. The molecule has 3 rings (SSSR count). The Balaban J connectivity index is 2.01. The highest BCUT2D eigenvalue weighted by Gasteiger charge is 2.17. The van der Waals surface area contributed by atoms with Crippen molar-refractivity contribution >= 4 is 17.3 Å². The Morgan fingerprint density at radius 3 is 2.72 bits per heavy atom. The maximum absolute atomic E-state index is 11.2. The highest BCUT2D eigenvalue weighted by molar-refractivity contribution is 5.89. The van der Waals surface area contributed by atoms with Gasteiger partial charge < -0.3 is 14.3 Å². The average molecular weight is 338 g/mol. The smallest absolute Gasteiger partial charge is 0.153 e. The SMILES string of the molecule is CCCc1ccc2oc(Cc3ccc(OC)c(C=O)c3)c(C)c2c1O. The summed E-state index contributed by atoms with van der Waals surface area (Å²) in [6, 6.07) is 9.35. The van der Waals surface area contributed by atoms with E-state index in [1.165, 1.54) is 0 Å². The number of benzene rings is 2. The van der Waals surface area contributed by atoms with E-state index in [9.17, 15) is 9.90 Å². The number of ether oxygens (including phenoxy) is 1. The van der Waals surface area contributed by atoms with Crippen molar-refractivity contribution in [3.63, 3.8) is 0 Å². The van der Waals surface area contributed by atoms with Crippen LogP contribution in [0.5, 0.6) is 11.5 Å². The summed E-state index contributed by atoms with van der Waals surface area (Å²) in [5.74, 6) is 1.66. The molecule has 0 bridgehead atoms. The molecule has 0 saturated heterocycles. The van der Waals surface area contributed by atoms with Gasteiger partial charge >= 0.3 is 0 Å². The van der Waals surface area contributed by atoms with Gasteiger partial charge in [-0.05, 0) is 42.7 Å². The van der Waals surface area contributed by atoms with Gasteiger partial charge in [0.15, 0.2) is 6.29 Å². The standard InChI is InChI=1S/C21H22O4/c1-4-5-15-7-9-18-20(21(15)23)13(2)19(25-18)11-14-6-8-17(24-3)16(10-14)12-22/h6-10,12,23H,4-5,11H2,1-3H3. The number of methoxy groups -OCH3 is 1. The fourth-order valence-corrected chi connectivity index (χ4v) is 3.22. The topological polar surface area (TPSA) is 59.7 Å². The quantitative estimate of drug-likeness (QED) is 0.655. The Morgan fingerprint density at radius 1 is 1.24 bits per heavy atom. The Bertz CT molecular complexity index is 921. The second-order valence-electron chi connectivity index (χ2n) is 6.22. The number of hydrogen-bond donors (Lipinski definition) is 1. The molecule has 1 N–H and O–H groups in total. The lowest BCUT2D eigenvalue weighted by molar-refractivity contribution is 0.112. The van der Waals surface area contributed by atoms with Gasteiger partial charge in [-0.25, -0.2) is 0 Å². The molecule has 0 radical (unpaired) electrons. The maximum Gasteiger partial charge on any atom is 0.153 e. The number of carbonyl (C=O) groups is 1. The van der Waals surface area contributed by atoms with E-state index < -0.39 is 0 Å². The number of aldehydes is 1. The second-order valence-corrected chi connectivity index (χ2v) is 6.22. The molecule has 0 amide bonds. The molecule has 0 aliphatic rings. The second kappa shape index (κ2) is 7.01. The third kappa shape index (κ3) is 3.12. The highest BCUT2D eigenvalue weighted by Crippen LogP contribution is 2.36. The van der Waals surface area contributed by atoms with Gasteiger partial charge in [0.05, 0.1) is 18.1 Å². The van der Waals surface area contributed by atoms with Crippen molar-refractivity contribution in [1.82, 2.24) is 0 Å². The van der Waals surface area contributed by atoms with Crippen LogP contribution in [-0.4, -0.2) is 18.5 Å². The first-order valence-corrected chi connectivity index (χ1v) is 8.44. The van der Waals surface area contributed by atoms with E-state index >= 15 is 0 Å². The van der Waals surface area contributed by atoms with Crippen molar-refractivity contribution in [3.05, 3.63) is 58.3 Å². The van der Waals surface area contributed by atoms with Crippen molar-refractivity contribution in [2.75, 3.05) is 7.11 Å². The van der Waals surface area contributed by atoms with E-state index in [1.54, 1.807) is 19.2 Å². The van der Waals surface area contributed by atoms with Gasteiger partial charge in [0.2, 0.25) is 0 Å². The minimum Gasteiger partial charge on any atom is -0.507 e. The van der Waals surface area contributed by atoms with E-state index in [0.29, 0.717) is 29.1 Å². The molecule has 0 spiro atoms. The predicted molar refractivity (Wildman–Crippen MR) is 97.8 cm³/mol. The molecule has 4 nitrogen and oxygen atoms in total. The number of aromatic hydroxyl groups is 1. The maximum atomic E-state index is 11.2. The number of rotatable bonds is 6. The summed E-state index contributed by atoms with van der Waals surface area (Å²) in [5, 5.41) is 11.4. The summed E-state index contributed by atoms with van der Waals surface area (Å²) in [4.78, 5) is 11.2. The lowest BCUT2D eigenvalue weighted by Gasteiger charge is -2.06. The van der Waals surface area contributed by atoms with Crippen LogP contribution in [0.25, 0.3) is 11.0 Å². The molecule has 3 aromatic rings. The van der Waals surface area contributed by atoms with Crippen LogP contribution >= 0.6 is 0 Å². The average Bonchev–Trinajstić information content (AvgIpc) is 2.94. The van der Waals surface area contributed by atoms with E-state index in [0.717, 1.165) is 47.0 Å². The van der Waals surface area contributed by atoms with E-state index in [1.807, 2.05) is 25.1 Å². The first-order chi connectivity index (χ1) is 12.1. The van der Waals surface area contributed by atoms with Crippen LogP contribution in [0.3, 0.4) is 0 Å². The molecular weight excluding hydrogens is 316 g/mol. The number of hydrogen-bond acceptors (Lipinski definition) is 4. The largest absolute Gasteiger partial charge is 0.507 e. The zero-order valence-electron chi connectivity index (χ0n) is 14.8. The van der Waals surface area contributed by atoms with Crippen molar-refractivity contribution in [3.8, 4) is 11.5 Å². The van der Waals surface area contributed by atoms with Crippen LogP contribution in [0.4, 0.5) is 0 Å². The van der Waals surface area contributed by atoms with Crippen LogP contribution in [0.15, 0.2) is 34.7 Å². The molecule has 1 aromatic heterocycles. The number of carbonyl (C=O) groups excluding carboxylic acids is 1. The van der Waals surface area contributed by atoms with E-state index in [-0.39, 0.29) is 0 Å². The summed E-state index contributed by atoms with van der Waals surface area (Å²) in [6.07, 6.45) is 3.15. The summed E-state index contributed by atoms with van der Waals surface area (Å²) < 4.78 is 11.1. The molecule has 0 unspecified atom stereocenters. The zero-order chi connectivity index (χ0) is 18.0. The fourth-order valence-electron chi connectivity index (χ4n) is 3.22. The van der Waals surface area contributed by atoms with Crippen molar-refractivity contribution in [2.45, 2.75) is 33.1 Å². The number of furan rings is 1. The minimum atomic E-state index is 0.315. The first kappa shape index (κ1) is 17.1. The fraction of sp³-hybridized carbons (Fsp3) is 0.286. The molecular formula is C21H22O4. The van der Waals surface area contributed by atoms with Crippen LogP contribution in [0.2, 0.25) is 0 Å². The number of phenolic OH excluding ortho intramolecular Hbond substituents is 1. The number of fused-ring (bicyclic) bond motifs is 1. The van der Waals surface area contributed by atoms with Gasteiger partial charge in [0, 0.05) is 12.0 Å². The number of phenols is 1. The Morgan fingerprint density at radius 2 is 2.04 bits per heavy atom. The van der Waals surface area contributed by atoms with Crippen LogP contribution in [0, 0.1) is 6.92 Å². The molecule has 0 aliphatic carbocycles. The predicted octanol–water partition coefficient (Wildman–Crippen LogP) is 4.81. The molecule has 0 aliphatic heterocycles. The molecule has 4 heteroatoms. The Labute approximate surface area is 147 Å². The van der Waals surface area contributed by atoms with Gasteiger partial charge in [-0.3, -0.25) is 4.79 Å². The first-order valence-electron chi connectivity index (χ1n) is 8.44. The highest BCUT2D eigenvalue weighted by atomic mass is 16.5. The Kier molecular flexibility index (Phi) is 4.79. The third-order valence-corrected chi connectivity index (χ3v) is 4.55. The van der Waals surface area contributed by atoms with E-state index in [4.69, 9.17) is 9.15 Å². The van der Waals surface area contributed by atoms with Crippen LogP contribution in [-0.2, 0) is 12.8 Å². The molecule has 0 saturated carbocycles. The summed E-state index contributed by atoms with van der Waals surface area (Å²) >= 11 is 0. The van der Waals surface area contributed by atoms with E-state index in [2.05, 4.69) is 6.92 Å². The van der Waals surface area contributed by atoms with Crippen molar-refractivity contribution < 1.29 is 19.1 Å². The van der Waals surface area contributed by atoms with Gasteiger partial charge in [-0.2, -0.15) is 0 Å². The van der Waals surface area contributed by atoms with Crippen molar-refractivity contribution in [1.29, 1.82) is 0 Å². The molecule has 2 aromatic carbocycles. The number of aryl methyl sites for hydroxylation is 2. The van der Waals surface area contributed by atoms with Crippen LogP contribution < -0.4 is 4.74 Å².